The van der Waals surface area contributed by atoms with Crippen molar-refractivity contribution in [2.45, 2.75) is 6.42 Å². The molecule has 2 heterocycles. The summed E-state index contributed by atoms with van der Waals surface area (Å²) in [5.41, 5.74) is 4.33. The molecule has 30 heavy (non-hydrogen) atoms. The van der Waals surface area contributed by atoms with Crippen molar-refractivity contribution in [3.05, 3.63) is 41.7 Å². The van der Waals surface area contributed by atoms with Crippen LogP contribution in [0.5, 0.6) is 5.75 Å². The van der Waals surface area contributed by atoms with Crippen LogP contribution in [0, 0.1) is 17.2 Å². The lowest BCUT2D eigenvalue weighted by Crippen LogP contribution is -2.23. The Kier molecular flexibility index (Phi) is 5.29. The van der Waals surface area contributed by atoms with Gasteiger partial charge in [0, 0.05) is 31.2 Å². The fraction of sp³-hybridized carbons (Fsp3) is 0.318. The minimum atomic E-state index is -0.453. The molecule has 0 saturated carbocycles. The van der Waals surface area contributed by atoms with E-state index in [1.54, 1.807) is 18.5 Å². The van der Waals surface area contributed by atoms with Gasteiger partial charge in [-0.05, 0) is 30.2 Å². The molecule has 2 aromatic carbocycles. The van der Waals surface area contributed by atoms with Gasteiger partial charge in [0.15, 0.2) is 0 Å². The van der Waals surface area contributed by atoms with E-state index in [-0.39, 0.29) is 12.5 Å². The maximum atomic E-state index is 12.7. The molecular formula is C22H22N4O4. The molecule has 8 nitrogen and oxygen atoms in total. The number of carbonyl (C=O) groups excluding carboxylic acids is 1. The van der Waals surface area contributed by atoms with E-state index in [2.05, 4.69) is 20.9 Å². The Morgan fingerprint density at radius 2 is 2.23 bits per heavy atom. The first-order valence-electron chi connectivity index (χ1n) is 9.64. The molecule has 4 rings (SSSR count). The van der Waals surface area contributed by atoms with Gasteiger partial charge in [0.05, 0.1) is 42.8 Å². The molecule has 1 unspecified atom stereocenters. The summed E-state index contributed by atoms with van der Waals surface area (Å²) < 4.78 is 10.3. The molecule has 1 atom stereocenters. The lowest BCUT2D eigenvalue weighted by molar-refractivity contribution is 0.0603. The second-order valence-electron chi connectivity index (χ2n) is 7.25. The molecule has 0 amide bonds. The fourth-order valence-electron chi connectivity index (χ4n) is 4.04. The highest BCUT2D eigenvalue weighted by atomic mass is 16.5. The summed E-state index contributed by atoms with van der Waals surface area (Å²) in [4.78, 5) is 22.3. The first-order chi connectivity index (χ1) is 14.6. The van der Waals surface area contributed by atoms with Gasteiger partial charge in [0.1, 0.15) is 17.4 Å². The number of H-pyrrole nitrogens is 1. The lowest BCUT2D eigenvalue weighted by Gasteiger charge is -2.23. The minimum Gasteiger partial charge on any atom is -0.495 e. The van der Waals surface area contributed by atoms with Gasteiger partial charge < -0.3 is 24.5 Å². The fourth-order valence-corrected chi connectivity index (χ4v) is 4.04. The van der Waals surface area contributed by atoms with Crippen LogP contribution in [0.1, 0.15) is 22.3 Å². The number of ether oxygens (including phenoxy) is 2. The maximum Gasteiger partial charge on any atom is 0.342 e. The Morgan fingerprint density at radius 3 is 2.90 bits per heavy atom. The van der Waals surface area contributed by atoms with Gasteiger partial charge >= 0.3 is 5.97 Å². The number of aromatic amines is 1. The predicted octanol–water partition coefficient (Wildman–Crippen LogP) is 2.72. The summed E-state index contributed by atoms with van der Waals surface area (Å²) in [5, 5.41) is 19.0. The monoisotopic (exact) mass is 406 g/mol. The zero-order valence-electron chi connectivity index (χ0n) is 16.8. The number of nitrogens with one attached hydrogen (secondary N) is 1. The van der Waals surface area contributed by atoms with Crippen LogP contribution >= 0.6 is 0 Å². The van der Waals surface area contributed by atoms with Crippen molar-refractivity contribution in [2.75, 3.05) is 38.8 Å². The van der Waals surface area contributed by atoms with Crippen molar-refractivity contribution < 1.29 is 19.4 Å². The van der Waals surface area contributed by atoms with Crippen LogP contribution in [0.2, 0.25) is 0 Å². The second kappa shape index (κ2) is 8.05. The van der Waals surface area contributed by atoms with Gasteiger partial charge in [0.2, 0.25) is 0 Å². The van der Waals surface area contributed by atoms with E-state index < -0.39 is 5.97 Å². The van der Waals surface area contributed by atoms with E-state index in [4.69, 9.17) is 9.47 Å². The van der Waals surface area contributed by atoms with Crippen LogP contribution in [0.15, 0.2) is 30.6 Å². The van der Waals surface area contributed by atoms with Crippen LogP contribution in [-0.4, -0.2) is 55.0 Å². The van der Waals surface area contributed by atoms with Crippen molar-refractivity contribution in [3.63, 3.8) is 0 Å². The quantitative estimate of drug-likeness (QED) is 0.627. The molecule has 154 valence electrons. The summed E-state index contributed by atoms with van der Waals surface area (Å²) in [5.74, 6) is 0.199. The third-order valence-electron chi connectivity index (χ3n) is 5.59. The van der Waals surface area contributed by atoms with Crippen molar-refractivity contribution in [3.8, 4) is 22.9 Å². The Labute approximate surface area is 173 Å². The molecule has 0 bridgehead atoms. The first kappa shape index (κ1) is 19.7. The van der Waals surface area contributed by atoms with Gasteiger partial charge in [0.25, 0.3) is 0 Å². The number of rotatable bonds is 5. The summed E-state index contributed by atoms with van der Waals surface area (Å²) in [6, 6.07) is 9.44. The number of aliphatic hydroxyl groups excluding tert-OH is 1. The SMILES string of the molecule is COC(=O)c1c(N2CCC(CO)C2)cc(-c2ccc(OC)c(C#N)c2)c2nc[nH]c12. The van der Waals surface area contributed by atoms with Gasteiger partial charge in [-0.3, -0.25) is 0 Å². The number of hydrogen-bond acceptors (Lipinski definition) is 7. The topological polar surface area (TPSA) is 111 Å². The molecule has 1 aromatic heterocycles. The number of carbonyl (C=O) groups is 1. The van der Waals surface area contributed by atoms with E-state index in [0.717, 1.165) is 29.8 Å². The Balaban J connectivity index is 1.95. The highest BCUT2D eigenvalue weighted by Crippen LogP contribution is 2.39. The zero-order chi connectivity index (χ0) is 21.3. The first-order valence-corrected chi connectivity index (χ1v) is 9.64. The van der Waals surface area contributed by atoms with Crippen molar-refractivity contribution in [1.29, 1.82) is 5.26 Å². The van der Waals surface area contributed by atoms with Gasteiger partial charge in [-0.15, -0.1) is 0 Å². The number of fused-ring (bicyclic) bond motifs is 1. The minimum absolute atomic E-state index is 0.104. The maximum absolute atomic E-state index is 12.7. The van der Waals surface area contributed by atoms with Crippen LogP contribution in [0.25, 0.3) is 22.2 Å². The Bertz CT molecular complexity index is 1150. The lowest BCUT2D eigenvalue weighted by atomic mass is 9.97. The number of hydrogen-bond donors (Lipinski definition) is 2. The third kappa shape index (κ3) is 3.23. The summed E-state index contributed by atoms with van der Waals surface area (Å²) in [6.45, 7) is 1.47. The standard InChI is InChI=1S/C22H22N4O4/c1-29-18-4-3-14(7-15(18)9-23)16-8-17(26-6-5-13(10-26)11-27)19(22(28)30-2)21-20(16)24-12-25-21/h3-4,7-8,12-13,27H,5-6,10-11H2,1-2H3,(H,24,25). The molecule has 0 radical (unpaired) electrons. The van der Waals surface area contributed by atoms with Crippen LogP contribution < -0.4 is 9.64 Å². The zero-order valence-corrected chi connectivity index (χ0v) is 16.8. The number of anilines is 1. The molecule has 3 aromatic rings. The normalized spacial score (nSPS) is 15.9. The van der Waals surface area contributed by atoms with Crippen LogP contribution in [0.4, 0.5) is 5.69 Å². The molecule has 2 N–H and O–H groups in total. The van der Waals surface area contributed by atoms with E-state index in [9.17, 15) is 15.2 Å². The number of benzene rings is 2. The van der Waals surface area contributed by atoms with E-state index in [1.165, 1.54) is 14.2 Å². The van der Waals surface area contributed by atoms with E-state index in [0.29, 0.717) is 34.5 Å². The Hall–Kier alpha value is -3.57. The molecule has 1 aliphatic rings. The number of aliphatic hydroxyl groups is 1. The number of esters is 1. The number of nitriles is 1. The van der Waals surface area contributed by atoms with Gasteiger partial charge in [-0.2, -0.15) is 5.26 Å². The molecule has 0 spiro atoms. The van der Waals surface area contributed by atoms with Crippen LogP contribution in [-0.2, 0) is 4.74 Å². The average Bonchev–Trinajstić information content (AvgIpc) is 3.46. The van der Waals surface area contributed by atoms with Crippen molar-refractivity contribution >= 4 is 22.7 Å². The van der Waals surface area contributed by atoms with E-state index in [1.807, 2.05) is 12.1 Å². The second-order valence-corrected chi connectivity index (χ2v) is 7.25. The smallest absolute Gasteiger partial charge is 0.342 e. The number of methoxy groups -OCH3 is 2. The van der Waals surface area contributed by atoms with Crippen molar-refractivity contribution in [2.24, 2.45) is 5.92 Å². The average molecular weight is 406 g/mol. The summed E-state index contributed by atoms with van der Waals surface area (Å²) >= 11 is 0. The highest BCUT2D eigenvalue weighted by molar-refractivity contribution is 6.11. The van der Waals surface area contributed by atoms with Crippen LogP contribution in [0.3, 0.4) is 0 Å². The van der Waals surface area contributed by atoms with Gasteiger partial charge in [-0.25, -0.2) is 9.78 Å². The van der Waals surface area contributed by atoms with Gasteiger partial charge in [-0.1, -0.05) is 6.07 Å². The Morgan fingerprint density at radius 1 is 1.40 bits per heavy atom. The number of nitrogens with zero attached hydrogens (tertiary/aromatic N) is 3. The largest absolute Gasteiger partial charge is 0.495 e. The number of imidazole rings is 1. The summed E-state index contributed by atoms with van der Waals surface area (Å²) in [7, 11) is 2.88. The molecule has 8 heteroatoms. The highest BCUT2D eigenvalue weighted by Gasteiger charge is 2.29. The predicted molar refractivity (Wildman–Crippen MR) is 112 cm³/mol. The van der Waals surface area contributed by atoms with E-state index >= 15 is 0 Å². The molecule has 1 aliphatic heterocycles. The number of aromatic nitrogens is 2. The molecular weight excluding hydrogens is 384 g/mol. The molecule has 1 fully saturated rings. The summed E-state index contributed by atoms with van der Waals surface area (Å²) in [6.07, 6.45) is 2.38. The van der Waals surface area contributed by atoms with Crippen molar-refractivity contribution in [1.82, 2.24) is 9.97 Å². The molecule has 1 saturated heterocycles. The molecule has 0 aliphatic carbocycles. The third-order valence-corrected chi connectivity index (χ3v) is 5.59.